The van der Waals surface area contributed by atoms with Gasteiger partial charge < -0.3 is 5.32 Å². The van der Waals surface area contributed by atoms with Crippen LogP contribution in [-0.4, -0.2) is 31.7 Å². The molecule has 0 unspecified atom stereocenters. The highest BCUT2D eigenvalue weighted by Gasteiger charge is 2.31. The molecule has 0 aliphatic rings. The number of carbonyl (C=O) groups is 1. The molecule has 5 nitrogen and oxygen atoms in total. The van der Waals surface area contributed by atoms with E-state index in [4.69, 9.17) is 11.6 Å². The Labute approximate surface area is 201 Å². The quantitative estimate of drug-likeness (QED) is 0.433. The molecule has 0 radical (unpaired) electrons. The number of hydrogen-bond acceptors (Lipinski definition) is 3. The number of rotatable bonds is 8. The number of sulfonamides is 1. The van der Waals surface area contributed by atoms with Gasteiger partial charge in [0, 0.05) is 6.54 Å². The smallest absolute Gasteiger partial charge is 0.324 e. The first kappa shape index (κ1) is 25.7. The predicted octanol–water partition coefficient (Wildman–Crippen LogP) is 5.54. The average molecular weight is 511 g/mol. The fourth-order valence-corrected chi connectivity index (χ4v) is 4.75. The molecule has 180 valence electrons. The van der Waals surface area contributed by atoms with Crippen molar-refractivity contribution in [3.8, 4) is 0 Å². The summed E-state index contributed by atoms with van der Waals surface area (Å²) >= 11 is 5.95. The molecule has 3 rings (SSSR count). The van der Waals surface area contributed by atoms with Crippen molar-refractivity contribution in [3.63, 3.8) is 0 Å². The van der Waals surface area contributed by atoms with Crippen molar-refractivity contribution < 1.29 is 26.4 Å². The largest absolute Gasteiger partial charge is 0.416 e. The second kappa shape index (κ2) is 10.6. The first-order valence-electron chi connectivity index (χ1n) is 10.2. The van der Waals surface area contributed by atoms with Gasteiger partial charge in [0.15, 0.2) is 0 Å². The minimum absolute atomic E-state index is 0.00995. The van der Waals surface area contributed by atoms with Gasteiger partial charge >= 0.3 is 6.18 Å². The Hall–Kier alpha value is -2.88. The van der Waals surface area contributed by atoms with Gasteiger partial charge in [-0.3, -0.25) is 4.79 Å². The molecular formula is C24H22ClF3N2O3S. The number of alkyl halides is 3. The summed E-state index contributed by atoms with van der Waals surface area (Å²) in [6.07, 6.45) is -4.29. The van der Waals surface area contributed by atoms with E-state index in [0.717, 1.165) is 27.6 Å². The van der Waals surface area contributed by atoms with Crippen molar-refractivity contribution in [2.75, 3.05) is 18.4 Å². The summed E-state index contributed by atoms with van der Waals surface area (Å²) in [5, 5.41) is 2.21. The summed E-state index contributed by atoms with van der Waals surface area (Å²) in [5.41, 5.74) is 0.497. The van der Waals surface area contributed by atoms with Crippen LogP contribution in [0.5, 0.6) is 0 Å². The monoisotopic (exact) mass is 510 g/mol. The van der Waals surface area contributed by atoms with Crippen LogP contribution in [0.15, 0.2) is 77.7 Å². The zero-order valence-electron chi connectivity index (χ0n) is 18.1. The fourth-order valence-electron chi connectivity index (χ4n) is 3.19. The van der Waals surface area contributed by atoms with Gasteiger partial charge in [-0.25, -0.2) is 8.42 Å². The number of amides is 1. The molecule has 0 aromatic heterocycles. The number of benzene rings is 3. The van der Waals surface area contributed by atoms with Crippen LogP contribution in [0.3, 0.4) is 0 Å². The van der Waals surface area contributed by atoms with Crippen molar-refractivity contribution in [1.82, 2.24) is 4.31 Å². The molecule has 0 atom stereocenters. The summed E-state index contributed by atoms with van der Waals surface area (Å²) in [6, 6.07) is 17.8. The second-order valence-corrected chi connectivity index (χ2v) is 9.97. The van der Waals surface area contributed by atoms with Crippen LogP contribution in [0.2, 0.25) is 5.02 Å². The van der Waals surface area contributed by atoms with Gasteiger partial charge in [0.05, 0.1) is 27.7 Å². The van der Waals surface area contributed by atoms with Gasteiger partial charge in [0.2, 0.25) is 15.9 Å². The number of carbonyl (C=O) groups excluding carboxylic acids is 1. The zero-order chi connectivity index (χ0) is 24.9. The van der Waals surface area contributed by atoms with E-state index in [0.29, 0.717) is 12.5 Å². The molecule has 3 aromatic rings. The van der Waals surface area contributed by atoms with Crippen LogP contribution < -0.4 is 5.32 Å². The lowest BCUT2D eigenvalue weighted by atomic mass is 10.1. The lowest BCUT2D eigenvalue weighted by molar-refractivity contribution is -0.137. The van der Waals surface area contributed by atoms with Crippen LogP contribution in [0.4, 0.5) is 18.9 Å². The summed E-state index contributed by atoms with van der Waals surface area (Å²) in [5.74, 6) is -0.815. The van der Waals surface area contributed by atoms with Gasteiger partial charge in [-0.15, -0.1) is 0 Å². The molecule has 0 spiro atoms. The van der Waals surface area contributed by atoms with Crippen molar-refractivity contribution >= 4 is 33.2 Å². The minimum atomic E-state index is -4.62. The van der Waals surface area contributed by atoms with E-state index in [-0.39, 0.29) is 22.2 Å². The Kier molecular flexibility index (Phi) is 8.01. The number of nitrogens with zero attached hydrogens (tertiary/aromatic N) is 1. The Morgan fingerprint density at radius 1 is 1.00 bits per heavy atom. The number of hydrogen-bond donors (Lipinski definition) is 1. The molecular weight excluding hydrogens is 489 g/mol. The van der Waals surface area contributed by atoms with Gasteiger partial charge in [-0.1, -0.05) is 59.6 Å². The van der Waals surface area contributed by atoms with Crippen molar-refractivity contribution in [2.24, 2.45) is 0 Å². The third kappa shape index (κ3) is 6.59. The standard InChI is InChI=1S/C24H22ClF3N2O3S/c1-17-7-10-20(11-8-17)34(32,33)30(14-13-18-5-3-2-4-6-18)16-23(31)29-22-15-19(24(26,27)28)9-12-21(22)25/h2-12,15H,13-14,16H2,1H3,(H,29,31). The molecule has 3 aromatic carbocycles. The average Bonchev–Trinajstić information content (AvgIpc) is 2.78. The molecule has 0 aliphatic heterocycles. The molecule has 0 saturated carbocycles. The Morgan fingerprint density at radius 2 is 1.65 bits per heavy atom. The SMILES string of the molecule is Cc1ccc(S(=O)(=O)N(CCc2ccccc2)CC(=O)Nc2cc(C(F)(F)F)ccc2Cl)cc1. The summed E-state index contributed by atoms with van der Waals surface area (Å²) in [4.78, 5) is 12.7. The number of aryl methyl sites for hydroxylation is 1. The van der Waals surface area contributed by atoms with Crippen molar-refractivity contribution in [3.05, 3.63) is 94.5 Å². The fraction of sp³-hybridized carbons (Fsp3) is 0.208. The van der Waals surface area contributed by atoms with E-state index in [2.05, 4.69) is 5.32 Å². The maximum Gasteiger partial charge on any atom is 0.416 e. The Balaban J connectivity index is 1.84. The van der Waals surface area contributed by atoms with E-state index >= 15 is 0 Å². The maximum absolute atomic E-state index is 13.3. The third-order valence-corrected chi connectivity index (χ3v) is 7.23. The molecule has 1 N–H and O–H groups in total. The highest BCUT2D eigenvalue weighted by Crippen LogP contribution is 2.33. The van der Waals surface area contributed by atoms with Gasteiger partial charge in [0.1, 0.15) is 0 Å². The Bertz CT molecular complexity index is 1250. The lowest BCUT2D eigenvalue weighted by Gasteiger charge is -2.22. The topological polar surface area (TPSA) is 66.5 Å². The normalized spacial score (nSPS) is 12.1. The molecule has 1 amide bonds. The molecule has 0 bridgehead atoms. The third-order valence-electron chi connectivity index (χ3n) is 5.04. The van der Waals surface area contributed by atoms with Crippen molar-refractivity contribution in [1.29, 1.82) is 0 Å². The number of halogens is 4. The molecule has 0 fully saturated rings. The Morgan fingerprint density at radius 3 is 2.26 bits per heavy atom. The van der Waals surface area contributed by atoms with E-state index in [1.54, 1.807) is 12.1 Å². The van der Waals surface area contributed by atoms with E-state index < -0.39 is 34.2 Å². The first-order chi connectivity index (χ1) is 16.0. The van der Waals surface area contributed by atoms with Gasteiger partial charge in [-0.05, 0) is 49.2 Å². The number of nitrogens with one attached hydrogen (secondary N) is 1. The van der Waals surface area contributed by atoms with Crippen LogP contribution >= 0.6 is 11.6 Å². The predicted molar refractivity (Wildman–Crippen MR) is 125 cm³/mol. The number of anilines is 1. The van der Waals surface area contributed by atoms with Crippen molar-refractivity contribution in [2.45, 2.75) is 24.4 Å². The van der Waals surface area contributed by atoms with Gasteiger partial charge in [0.25, 0.3) is 0 Å². The second-order valence-electron chi connectivity index (χ2n) is 7.63. The maximum atomic E-state index is 13.3. The molecule has 0 heterocycles. The minimum Gasteiger partial charge on any atom is -0.324 e. The van der Waals surface area contributed by atoms with Crippen LogP contribution in [0.1, 0.15) is 16.7 Å². The van der Waals surface area contributed by atoms with E-state index in [1.807, 2.05) is 37.3 Å². The highest BCUT2D eigenvalue weighted by atomic mass is 35.5. The highest BCUT2D eigenvalue weighted by molar-refractivity contribution is 7.89. The molecule has 0 saturated heterocycles. The first-order valence-corrected chi connectivity index (χ1v) is 12.1. The molecule has 10 heteroatoms. The summed E-state index contributed by atoms with van der Waals surface area (Å²) in [6.45, 7) is 1.20. The van der Waals surface area contributed by atoms with Crippen LogP contribution in [0.25, 0.3) is 0 Å². The van der Waals surface area contributed by atoms with Gasteiger partial charge in [-0.2, -0.15) is 17.5 Å². The van der Waals surface area contributed by atoms with Crippen LogP contribution in [0, 0.1) is 6.92 Å². The molecule has 34 heavy (non-hydrogen) atoms. The zero-order valence-corrected chi connectivity index (χ0v) is 19.7. The summed E-state index contributed by atoms with van der Waals surface area (Å²) in [7, 11) is -4.06. The lowest BCUT2D eigenvalue weighted by Crippen LogP contribution is -2.39. The van der Waals surface area contributed by atoms with Crippen LogP contribution in [-0.2, 0) is 27.4 Å². The van der Waals surface area contributed by atoms with E-state index in [1.165, 1.54) is 12.1 Å². The van der Waals surface area contributed by atoms with E-state index in [9.17, 15) is 26.4 Å². The molecule has 0 aliphatic carbocycles. The summed E-state index contributed by atoms with van der Waals surface area (Å²) < 4.78 is 66.7.